The Bertz CT molecular complexity index is 764. The highest BCUT2D eigenvalue weighted by molar-refractivity contribution is 6.01. The number of carbonyl (C=O) groups excluding carboxylic acids is 2. The highest BCUT2D eigenvalue weighted by Gasteiger charge is 2.18. The average molecular weight is 330 g/mol. The van der Waals surface area contributed by atoms with E-state index in [1.807, 2.05) is 0 Å². The molecule has 126 valence electrons. The number of anilines is 2. The summed E-state index contributed by atoms with van der Waals surface area (Å²) in [6.07, 6.45) is 1.50. The van der Waals surface area contributed by atoms with Crippen molar-refractivity contribution in [2.75, 3.05) is 17.7 Å². The number of carbonyl (C=O) groups is 2. The van der Waals surface area contributed by atoms with Crippen LogP contribution >= 0.6 is 0 Å². The number of benzene rings is 1. The molecule has 0 aliphatic carbocycles. The molecule has 2 rings (SSSR count). The zero-order valence-electron chi connectivity index (χ0n) is 13.7. The Balaban J connectivity index is 2.02. The highest BCUT2D eigenvalue weighted by Crippen LogP contribution is 2.16. The zero-order chi connectivity index (χ0) is 17.7. The number of aromatic nitrogens is 1. The van der Waals surface area contributed by atoms with Crippen molar-refractivity contribution in [3.05, 3.63) is 53.5 Å². The van der Waals surface area contributed by atoms with E-state index in [0.29, 0.717) is 17.1 Å². The Morgan fingerprint density at radius 1 is 1.21 bits per heavy atom. The minimum atomic E-state index is -0.786. The summed E-state index contributed by atoms with van der Waals surface area (Å²) in [5.41, 5.74) is 1.49. The number of hydrogen-bond acceptors (Lipinski definition) is 4. The molecule has 1 atom stereocenters. The molecule has 0 spiro atoms. The molecule has 3 N–H and O–H groups in total. The Morgan fingerprint density at radius 2 is 1.96 bits per heavy atom. The first-order chi connectivity index (χ1) is 11.4. The van der Waals surface area contributed by atoms with Gasteiger partial charge in [-0.2, -0.15) is 0 Å². The van der Waals surface area contributed by atoms with Crippen LogP contribution in [-0.4, -0.2) is 29.9 Å². The predicted octanol–water partition coefficient (Wildman–Crippen LogP) is 2.33. The third-order valence-corrected chi connectivity index (χ3v) is 3.48. The largest absolute Gasteiger partial charge is 0.373 e. The number of aryl methyl sites for hydroxylation is 1. The van der Waals surface area contributed by atoms with Crippen LogP contribution in [-0.2, 0) is 4.79 Å². The molecule has 0 fully saturated rings. The second-order valence-corrected chi connectivity index (χ2v) is 5.32. The molecular formula is C17H19FN4O2. The lowest BCUT2D eigenvalue weighted by atomic mass is 10.2. The molecule has 0 aliphatic rings. The minimum absolute atomic E-state index is 0.377. The van der Waals surface area contributed by atoms with Crippen LogP contribution in [0.3, 0.4) is 0 Å². The first-order valence-corrected chi connectivity index (χ1v) is 7.42. The second kappa shape index (κ2) is 7.54. The van der Waals surface area contributed by atoms with Crippen molar-refractivity contribution in [3.63, 3.8) is 0 Å². The summed E-state index contributed by atoms with van der Waals surface area (Å²) in [5.74, 6) is -0.716. The number of pyridine rings is 1. The summed E-state index contributed by atoms with van der Waals surface area (Å²) in [4.78, 5) is 28.4. The van der Waals surface area contributed by atoms with E-state index in [4.69, 9.17) is 0 Å². The molecule has 0 aliphatic heterocycles. The van der Waals surface area contributed by atoms with Gasteiger partial charge in [0.05, 0.1) is 0 Å². The number of halogens is 1. The fourth-order valence-corrected chi connectivity index (χ4v) is 2.02. The normalized spacial score (nSPS) is 11.5. The lowest BCUT2D eigenvalue weighted by Crippen LogP contribution is -2.41. The van der Waals surface area contributed by atoms with E-state index in [1.54, 1.807) is 39.1 Å². The summed E-state index contributed by atoms with van der Waals surface area (Å²) >= 11 is 0. The van der Waals surface area contributed by atoms with Gasteiger partial charge in [0.1, 0.15) is 17.7 Å². The Morgan fingerprint density at radius 3 is 2.67 bits per heavy atom. The van der Waals surface area contributed by atoms with Crippen molar-refractivity contribution in [1.29, 1.82) is 0 Å². The van der Waals surface area contributed by atoms with Gasteiger partial charge in [-0.25, -0.2) is 9.37 Å². The van der Waals surface area contributed by atoms with Gasteiger partial charge < -0.3 is 16.0 Å². The number of nitrogens with zero attached hydrogens (tertiary/aromatic N) is 1. The van der Waals surface area contributed by atoms with Gasteiger partial charge in [-0.05, 0) is 43.7 Å². The molecule has 2 aromatic rings. The van der Waals surface area contributed by atoms with Crippen LogP contribution in [0.15, 0.2) is 36.5 Å². The number of hydrogen-bond donors (Lipinski definition) is 3. The van der Waals surface area contributed by atoms with Crippen LogP contribution in [0.4, 0.5) is 15.9 Å². The maximum absolute atomic E-state index is 13.3. The van der Waals surface area contributed by atoms with Gasteiger partial charge in [0.25, 0.3) is 5.91 Å². The number of rotatable bonds is 5. The van der Waals surface area contributed by atoms with Gasteiger partial charge in [0.2, 0.25) is 5.91 Å². The fourth-order valence-electron chi connectivity index (χ4n) is 2.02. The summed E-state index contributed by atoms with van der Waals surface area (Å²) in [6.45, 7) is 3.32. The lowest BCUT2D eigenvalue weighted by molar-refractivity contribution is -0.117. The summed E-state index contributed by atoms with van der Waals surface area (Å²) < 4.78 is 13.3. The Kier molecular flexibility index (Phi) is 5.47. The van der Waals surface area contributed by atoms with Crippen LogP contribution < -0.4 is 16.0 Å². The van der Waals surface area contributed by atoms with Crippen molar-refractivity contribution in [2.45, 2.75) is 19.9 Å². The van der Waals surface area contributed by atoms with Crippen LogP contribution in [0.2, 0.25) is 0 Å². The minimum Gasteiger partial charge on any atom is -0.373 e. The van der Waals surface area contributed by atoms with Gasteiger partial charge in [-0.1, -0.05) is 6.07 Å². The Labute approximate surface area is 139 Å². The molecule has 2 amide bonds. The van der Waals surface area contributed by atoms with E-state index in [9.17, 15) is 14.0 Å². The van der Waals surface area contributed by atoms with E-state index in [0.717, 1.165) is 5.56 Å². The maximum atomic E-state index is 13.3. The Hall–Kier alpha value is -2.96. The van der Waals surface area contributed by atoms with Gasteiger partial charge in [0, 0.05) is 24.5 Å². The molecule has 0 saturated carbocycles. The summed E-state index contributed by atoms with van der Waals surface area (Å²) in [6, 6.07) is 6.48. The zero-order valence-corrected chi connectivity index (χ0v) is 13.7. The second-order valence-electron chi connectivity index (χ2n) is 5.32. The topological polar surface area (TPSA) is 83.1 Å². The highest BCUT2D eigenvalue weighted by atomic mass is 19.1. The van der Waals surface area contributed by atoms with Crippen LogP contribution in [0.5, 0.6) is 0 Å². The molecule has 1 aromatic carbocycles. The fraction of sp³-hybridized carbons (Fsp3) is 0.235. The van der Waals surface area contributed by atoms with Crippen molar-refractivity contribution in [2.24, 2.45) is 0 Å². The van der Waals surface area contributed by atoms with Crippen molar-refractivity contribution in [3.8, 4) is 0 Å². The van der Waals surface area contributed by atoms with E-state index in [1.165, 1.54) is 18.3 Å². The number of nitrogens with one attached hydrogen (secondary N) is 3. The first-order valence-electron chi connectivity index (χ1n) is 7.42. The van der Waals surface area contributed by atoms with Crippen molar-refractivity contribution >= 4 is 23.3 Å². The van der Waals surface area contributed by atoms with Crippen molar-refractivity contribution < 1.29 is 14.0 Å². The third kappa shape index (κ3) is 4.28. The van der Waals surface area contributed by atoms with Crippen LogP contribution in [0.25, 0.3) is 0 Å². The molecule has 0 saturated heterocycles. The van der Waals surface area contributed by atoms with Crippen LogP contribution in [0.1, 0.15) is 22.8 Å². The van der Waals surface area contributed by atoms with Gasteiger partial charge in [0.15, 0.2) is 0 Å². The average Bonchev–Trinajstić information content (AvgIpc) is 2.58. The maximum Gasteiger partial charge on any atom is 0.252 e. The molecule has 6 nitrogen and oxygen atoms in total. The van der Waals surface area contributed by atoms with E-state index in [2.05, 4.69) is 20.9 Å². The standard InChI is InChI=1S/C17H19FN4O2/c1-10-4-5-13(18)9-14(10)22-16(23)11(2)21-17(24)12-6-7-20-15(8-12)19-3/h4-9,11H,1-3H3,(H,19,20)(H,21,24)(H,22,23). The monoisotopic (exact) mass is 330 g/mol. The molecule has 1 aromatic heterocycles. The van der Waals surface area contributed by atoms with E-state index in [-0.39, 0.29) is 0 Å². The lowest BCUT2D eigenvalue weighted by Gasteiger charge is -2.15. The van der Waals surface area contributed by atoms with Gasteiger partial charge in [-0.15, -0.1) is 0 Å². The summed E-state index contributed by atoms with van der Waals surface area (Å²) in [5, 5.41) is 8.05. The van der Waals surface area contributed by atoms with E-state index < -0.39 is 23.7 Å². The van der Waals surface area contributed by atoms with Crippen molar-refractivity contribution in [1.82, 2.24) is 10.3 Å². The predicted molar refractivity (Wildman–Crippen MR) is 90.5 cm³/mol. The van der Waals surface area contributed by atoms with Gasteiger partial charge >= 0.3 is 0 Å². The molecule has 1 unspecified atom stereocenters. The molecular weight excluding hydrogens is 311 g/mol. The molecule has 0 bridgehead atoms. The molecule has 0 radical (unpaired) electrons. The quantitative estimate of drug-likeness (QED) is 0.786. The molecule has 1 heterocycles. The first kappa shape index (κ1) is 17.4. The van der Waals surface area contributed by atoms with Gasteiger partial charge in [-0.3, -0.25) is 9.59 Å². The van der Waals surface area contributed by atoms with E-state index >= 15 is 0 Å². The third-order valence-electron chi connectivity index (χ3n) is 3.48. The number of amides is 2. The van der Waals surface area contributed by atoms with Crippen LogP contribution in [0, 0.1) is 12.7 Å². The molecule has 7 heteroatoms. The smallest absolute Gasteiger partial charge is 0.252 e. The molecule has 24 heavy (non-hydrogen) atoms. The summed E-state index contributed by atoms with van der Waals surface area (Å²) in [7, 11) is 1.70. The SMILES string of the molecule is CNc1cc(C(=O)NC(C)C(=O)Nc2cc(F)ccc2C)ccn1.